The lowest BCUT2D eigenvalue weighted by molar-refractivity contribution is -0.135. The van der Waals surface area contributed by atoms with Crippen LogP contribution in [0.3, 0.4) is 0 Å². The molecular formula is C17H26O4. The van der Waals surface area contributed by atoms with Gasteiger partial charge in [-0.1, -0.05) is 26.0 Å². The summed E-state index contributed by atoms with van der Waals surface area (Å²) in [7, 11) is 0. The van der Waals surface area contributed by atoms with Gasteiger partial charge in [0.25, 0.3) is 0 Å². The molecule has 0 aromatic heterocycles. The van der Waals surface area contributed by atoms with Crippen LogP contribution in [0.5, 0.6) is 5.75 Å². The van der Waals surface area contributed by atoms with E-state index in [0.29, 0.717) is 31.8 Å². The van der Waals surface area contributed by atoms with Crippen LogP contribution in [0.1, 0.15) is 46.1 Å². The van der Waals surface area contributed by atoms with Crippen molar-refractivity contribution in [1.29, 1.82) is 0 Å². The van der Waals surface area contributed by atoms with Crippen LogP contribution >= 0.6 is 0 Å². The molecule has 21 heavy (non-hydrogen) atoms. The quantitative estimate of drug-likeness (QED) is 0.418. The number of Topliss-reactive ketones (excluding diaryl/α,β-unsaturated/α-hetero) is 1. The van der Waals surface area contributed by atoms with Crippen LogP contribution in [-0.2, 0) is 20.7 Å². The van der Waals surface area contributed by atoms with E-state index in [0.717, 1.165) is 5.56 Å². The number of ketones is 1. The molecule has 0 spiro atoms. The van der Waals surface area contributed by atoms with Crippen LogP contribution in [-0.4, -0.2) is 25.0 Å². The maximum atomic E-state index is 11.4. The van der Waals surface area contributed by atoms with Gasteiger partial charge in [-0.25, -0.2) is 0 Å². The first-order valence-electron chi connectivity index (χ1n) is 7.48. The minimum atomic E-state index is -0.301. The molecule has 1 aromatic rings. The summed E-state index contributed by atoms with van der Waals surface area (Å²) in [6.07, 6.45) is 1.50. The summed E-state index contributed by atoms with van der Waals surface area (Å²) < 4.78 is 10.2. The van der Waals surface area contributed by atoms with Crippen molar-refractivity contribution in [2.45, 2.75) is 47.0 Å². The summed E-state index contributed by atoms with van der Waals surface area (Å²) >= 11 is 0. The second kappa shape index (κ2) is 12.1. The summed E-state index contributed by atoms with van der Waals surface area (Å²) in [6.45, 7) is 8.43. The molecule has 4 heteroatoms. The molecule has 0 saturated carbocycles. The Balaban J connectivity index is 0.00000191. The van der Waals surface area contributed by atoms with Gasteiger partial charge in [-0.15, -0.1) is 0 Å². The molecule has 0 saturated heterocycles. The van der Waals surface area contributed by atoms with Gasteiger partial charge in [0.2, 0.25) is 0 Å². The predicted molar refractivity (Wildman–Crippen MR) is 83.5 cm³/mol. The van der Waals surface area contributed by atoms with Crippen LogP contribution in [0, 0.1) is 0 Å². The van der Waals surface area contributed by atoms with Gasteiger partial charge in [0.1, 0.15) is 11.5 Å². The van der Waals surface area contributed by atoms with Crippen molar-refractivity contribution in [3.05, 3.63) is 29.8 Å². The van der Waals surface area contributed by atoms with Gasteiger partial charge in [0.05, 0.1) is 13.0 Å². The van der Waals surface area contributed by atoms with E-state index in [1.165, 1.54) is 0 Å². The highest BCUT2D eigenvalue weighted by molar-refractivity contribution is 5.75. The number of carbonyl (C=O) groups is 2. The van der Waals surface area contributed by atoms with Crippen LogP contribution in [0.4, 0.5) is 0 Å². The van der Waals surface area contributed by atoms with Crippen molar-refractivity contribution >= 4 is 11.8 Å². The maximum Gasteiger partial charge on any atom is 0.313 e. The van der Waals surface area contributed by atoms with E-state index in [4.69, 9.17) is 9.47 Å². The van der Waals surface area contributed by atoms with E-state index >= 15 is 0 Å². The normalized spacial score (nSPS) is 9.52. The fourth-order valence-electron chi connectivity index (χ4n) is 1.53. The number of aryl methyl sites for hydroxylation is 1. The van der Waals surface area contributed by atoms with Crippen molar-refractivity contribution in [3.8, 4) is 5.75 Å². The molecule has 0 unspecified atom stereocenters. The lowest BCUT2D eigenvalue weighted by Gasteiger charge is -2.05. The molecule has 0 atom stereocenters. The van der Waals surface area contributed by atoms with Crippen LogP contribution in [0.2, 0.25) is 0 Å². The van der Waals surface area contributed by atoms with Gasteiger partial charge in [-0.05, 0) is 38.0 Å². The number of rotatable bonds is 8. The third-order valence-corrected chi connectivity index (χ3v) is 2.58. The number of carbonyl (C=O) groups excluding carboxylic acids is 2. The fourth-order valence-corrected chi connectivity index (χ4v) is 1.53. The summed E-state index contributed by atoms with van der Waals surface area (Å²) in [5, 5.41) is 0. The predicted octanol–water partition coefficient (Wildman–Crippen LogP) is 3.57. The van der Waals surface area contributed by atoms with E-state index in [2.05, 4.69) is 0 Å². The van der Waals surface area contributed by atoms with E-state index in [1.807, 2.05) is 32.9 Å². The Morgan fingerprint density at radius 1 is 1.05 bits per heavy atom. The Morgan fingerprint density at radius 3 is 2.19 bits per heavy atom. The lowest BCUT2D eigenvalue weighted by atomic mass is 10.1. The highest BCUT2D eigenvalue weighted by Crippen LogP contribution is 2.14. The highest BCUT2D eigenvalue weighted by atomic mass is 16.5. The molecule has 0 aliphatic heterocycles. The molecule has 0 N–H and O–H groups in total. The Morgan fingerprint density at radius 2 is 1.67 bits per heavy atom. The first-order valence-corrected chi connectivity index (χ1v) is 7.48. The first-order chi connectivity index (χ1) is 10.1. The monoisotopic (exact) mass is 294 g/mol. The topological polar surface area (TPSA) is 52.6 Å². The molecule has 118 valence electrons. The summed E-state index contributed by atoms with van der Waals surface area (Å²) in [4.78, 5) is 22.3. The molecule has 0 aliphatic carbocycles. The third kappa shape index (κ3) is 9.79. The minimum Gasteiger partial charge on any atom is -0.426 e. The van der Waals surface area contributed by atoms with E-state index in [1.54, 1.807) is 19.1 Å². The van der Waals surface area contributed by atoms with Gasteiger partial charge >= 0.3 is 5.97 Å². The largest absolute Gasteiger partial charge is 0.426 e. The summed E-state index contributed by atoms with van der Waals surface area (Å²) in [6, 6.07) is 7.23. The standard InChI is InChI=1S/C15H20O4.C2H6/c1-3-18-11-10-15(17)19-14-8-6-13(7-9-14)5-4-12(2)16;1-2/h6-9H,3-5,10-11H2,1-2H3;1-2H3. The third-order valence-electron chi connectivity index (χ3n) is 2.58. The maximum absolute atomic E-state index is 11.4. The number of ether oxygens (including phenoxy) is 2. The second-order valence-corrected chi connectivity index (χ2v) is 4.27. The smallest absolute Gasteiger partial charge is 0.313 e. The molecule has 0 heterocycles. The van der Waals surface area contributed by atoms with Crippen molar-refractivity contribution in [2.24, 2.45) is 0 Å². The number of hydrogen-bond donors (Lipinski definition) is 0. The van der Waals surface area contributed by atoms with Gasteiger partial charge in [-0.2, -0.15) is 0 Å². The molecule has 0 amide bonds. The Bertz CT molecular complexity index is 409. The Kier molecular flexibility index (Phi) is 11.1. The zero-order chi connectivity index (χ0) is 16.1. The van der Waals surface area contributed by atoms with Gasteiger partial charge in [0.15, 0.2) is 0 Å². The minimum absolute atomic E-state index is 0.173. The van der Waals surface area contributed by atoms with Gasteiger partial charge in [0, 0.05) is 13.0 Å². The fraction of sp³-hybridized carbons (Fsp3) is 0.529. The van der Waals surface area contributed by atoms with Crippen molar-refractivity contribution in [1.82, 2.24) is 0 Å². The molecule has 0 radical (unpaired) electrons. The molecule has 0 aliphatic rings. The zero-order valence-corrected chi connectivity index (χ0v) is 13.5. The van der Waals surface area contributed by atoms with Crippen LogP contribution in [0.25, 0.3) is 0 Å². The number of benzene rings is 1. The Labute approximate surface area is 127 Å². The summed E-state index contributed by atoms with van der Waals surface area (Å²) in [5.41, 5.74) is 1.06. The zero-order valence-electron chi connectivity index (χ0n) is 13.5. The van der Waals surface area contributed by atoms with E-state index in [9.17, 15) is 9.59 Å². The average Bonchev–Trinajstić information content (AvgIpc) is 2.49. The molecule has 1 rings (SSSR count). The van der Waals surface area contributed by atoms with Crippen molar-refractivity contribution in [3.63, 3.8) is 0 Å². The molecule has 1 aromatic carbocycles. The SMILES string of the molecule is CC.CCOCCC(=O)Oc1ccc(CCC(C)=O)cc1. The van der Waals surface area contributed by atoms with E-state index < -0.39 is 0 Å². The van der Waals surface area contributed by atoms with Crippen LogP contribution < -0.4 is 4.74 Å². The first kappa shape index (κ1) is 19.3. The van der Waals surface area contributed by atoms with Gasteiger partial charge < -0.3 is 14.3 Å². The lowest BCUT2D eigenvalue weighted by Crippen LogP contribution is -2.11. The molecular weight excluding hydrogens is 268 g/mol. The van der Waals surface area contributed by atoms with Crippen LogP contribution in [0.15, 0.2) is 24.3 Å². The number of hydrogen-bond acceptors (Lipinski definition) is 4. The van der Waals surface area contributed by atoms with Crippen molar-refractivity contribution < 1.29 is 19.1 Å². The molecule has 0 bridgehead atoms. The van der Waals surface area contributed by atoms with Gasteiger partial charge in [-0.3, -0.25) is 4.79 Å². The Hall–Kier alpha value is -1.68. The second-order valence-electron chi connectivity index (χ2n) is 4.27. The highest BCUT2D eigenvalue weighted by Gasteiger charge is 2.05. The number of esters is 1. The average molecular weight is 294 g/mol. The molecule has 0 fully saturated rings. The van der Waals surface area contributed by atoms with E-state index in [-0.39, 0.29) is 18.2 Å². The molecule has 4 nitrogen and oxygen atoms in total. The summed E-state index contributed by atoms with van der Waals surface area (Å²) in [5.74, 6) is 0.393. The van der Waals surface area contributed by atoms with Crippen molar-refractivity contribution in [2.75, 3.05) is 13.2 Å².